The van der Waals surface area contributed by atoms with Crippen LogP contribution in [0.1, 0.15) is 4.88 Å². The van der Waals surface area contributed by atoms with Gasteiger partial charge in [0.2, 0.25) is 0 Å². The zero-order valence-corrected chi connectivity index (χ0v) is 17.0. The maximum Gasteiger partial charge on any atom is 0.293 e. The molecular weight excluding hydrogens is 428 g/mol. The Morgan fingerprint density at radius 2 is 1.80 bits per heavy atom. The summed E-state index contributed by atoms with van der Waals surface area (Å²) in [7, 11) is -4.26. The topological polar surface area (TPSA) is 122 Å². The SMILES string of the molecule is O=C(CN(c1ccccc1[N+](=O)[O-])S(=O)(=O)c1ccccc1)N/N=C\c1cccs1. The molecule has 0 unspecified atom stereocenters. The molecule has 0 aliphatic heterocycles. The van der Waals surface area contributed by atoms with E-state index in [0.717, 1.165) is 4.88 Å². The Kier molecular flexibility index (Phi) is 6.54. The summed E-state index contributed by atoms with van der Waals surface area (Å²) >= 11 is 1.41. The minimum Gasteiger partial charge on any atom is -0.271 e. The first-order valence-corrected chi connectivity index (χ1v) is 10.9. The van der Waals surface area contributed by atoms with Crippen LogP contribution in [0.2, 0.25) is 0 Å². The van der Waals surface area contributed by atoms with Crippen LogP contribution < -0.4 is 9.73 Å². The van der Waals surface area contributed by atoms with Gasteiger partial charge in [-0.15, -0.1) is 11.3 Å². The van der Waals surface area contributed by atoms with Crippen LogP contribution in [0, 0.1) is 10.1 Å². The van der Waals surface area contributed by atoms with E-state index in [-0.39, 0.29) is 10.6 Å². The van der Waals surface area contributed by atoms with Crippen LogP contribution in [0.3, 0.4) is 0 Å². The fourth-order valence-electron chi connectivity index (χ4n) is 2.55. The van der Waals surface area contributed by atoms with Crippen molar-refractivity contribution in [2.24, 2.45) is 5.10 Å². The predicted octanol–water partition coefficient (Wildman–Crippen LogP) is 3.00. The van der Waals surface area contributed by atoms with Gasteiger partial charge in [-0.2, -0.15) is 5.10 Å². The van der Waals surface area contributed by atoms with Gasteiger partial charge in [0.25, 0.3) is 21.6 Å². The van der Waals surface area contributed by atoms with Crippen molar-refractivity contribution in [3.05, 3.63) is 87.1 Å². The lowest BCUT2D eigenvalue weighted by Crippen LogP contribution is -2.39. The maximum absolute atomic E-state index is 13.2. The smallest absolute Gasteiger partial charge is 0.271 e. The predicted molar refractivity (Wildman–Crippen MR) is 114 cm³/mol. The molecule has 11 heteroatoms. The Hall–Kier alpha value is -3.57. The summed E-state index contributed by atoms with van der Waals surface area (Å²) in [5, 5.41) is 17.1. The number of hydrazone groups is 1. The Morgan fingerprint density at radius 1 is 1.10 bits per heavy atom. The molecule has 1 aromatic heterocycles. The van der Waals surface area contributed by atoms with Crippen molar-refractivity contribution >= 4 is 44.9 Å². The number of sulfonamides is 1. The minimum atomic E-state index is -4.26. The fraction of sp³-hybridized carbons (Fsp3) is 0.0526. The second kappa shape index (κ2) is 9.29. The number of nitrogens with zero attached hydrogens (tertiary/aromatic N) is 3. The standard InChI is InChI=1S/C19H16N4O5S2/c24-19(21-20-13-15-7-6-12-29-15)14-22(17-10-4-5-11-18(17)23(25)26)30(27,28)16-8-2-1-3-9-16/h1-13H,14H2,(H,21,24)/b20-13-. The fourth-order valence-corrected chi connectivity index (χ4v) is 4.59. The van der Waals surface area contributed by atoms with Crippen molar-refractivity contribution in [1.29, 1.82) is 0 Å². The number of thiophene rings is 1. The van der Waals surface area contributed by atoms with Gasteiger partial charge in [0.1, 0.15) is 12.2 Å². The number of rotatable bonds is 8. The number of benzene rings is 2. The molecule has 30 heavy (non-hydrogen) atoms. The lowest BCUT2D eigenvalue weighted by atomic mass is 10.2. The first-order chi connectivity index (χ1) is 14.4. The highest BCUT2D eigenvalue weighted by Crippen LogP contribution is 2.31. The summed E-state index contributed by atoms with van der Waals surface area (Å²) in [6.45, 7) is -0.691. The molecule has 3 rings (SSSR count). The van der Waals surface area contributed by atoms with E-state index in [1.54, 1.807) is 12.1 Å². The third-order valence-corrected chi connectivity index (χ3v) is 6.47. The molecule has 1 amide bonds. The molecule has 0 fully saturated rings. The number of nitro groups is 1. The van der Waals surface area contributed by atoms with E-state index in [0.29, 0.717) is 4.31 Å². The van der Waals surface area contributed by atoms with Crippen molar-refractivity contribution < 1.29 is 18.1 Å². The molecular formula is C19H16N4O5S2. The van der Waals surface area contributed by atoms with Gasteiger partial charge in [-0.3, -0.25) is 14.9 Å². The third kappa shape index (κ3) is 4.88. The molecule has 154 valence electrons. The van der Waals surface area contributed by atoms with E-state index >= 15 is 0 Å². The molecule has 0 radical (unpaired) electrons. The van der Waals surface area contributed by atoms with Crippen LogP contribution in [0.4, 0.5) is 11.4 Å². The molecule has 1 heterocycles. The van der Waals surface area contributed by atoms with E-state index in [4.69, 9.17) is 0 Å². The summed E-state index contributed by atoms with van der Waals surface area (Å²) in [5.41, 5.74) is 1.60. The molecule has 0 atom stereocenters. The number of anilines is 1. The van der Waals surface area contributed by atoms with E-state index < -0.39 is 33.1 Å². The van der Waals surface area contributed by atoms with Gasteiger partial charge in [-0.1, -0.05) is 36.4 Å². The number of hydrogen-bond acceptors (Lipinski definition) is 7. The number of nitrogens with one attached hydrogen (secondary N) is 1. The molecule has 0 spiro atoms. The Balaban J connectivity index is 1.94. The van der Waals surface area contributed by atoms with Crippen molar-refractivity contribution in [1.82, 2.24) is 5.43 Å². The average Bonchev–Trinajstić information content (AvgIpc) is 3.26. The number of carbonyl (C=O) groups excluding carboxylic acids is 1. The van der Waals surface area contributed by atoms with Crippen LogP contribution in [-0.2, 0) is 14.8 Å². The van der Waals surface area contributed by atoms with Crippen LogP contribution in [0.15, 0.2) is 82.1 Å². The molecule has 0 aliphatic carbocycles. The summed E-state index contributed by atoms with van der Waals surface area (Å²) in [6.07, 6.45) is 1.42. The molecule has 1 N–H and O–H groups in total. The van der Waals surface area contributed by atoms with Gasteiger partial charge in [-0.05, 0) is 29.6 Å². The van der Waals surface area contributed by atoms with Crippen LogP contribution in [-0.4, -0.2) is 32.0 Å². The van der Waals surface area contributed by atoms with Crippen molar-refractivity contribution in [3.63, 3.8) is 0 Å². The van der Waals surface area contributed by atoms with Gasteiger partial charge < -0.3 is 0 Å². The highest BCUT2D eigenvalue weighted by atomic mass is 32.2. The summed E-state index contributed by atoms with van der Waals surface area (Å²) < 4.78 is 27.1. The van der Waals surface area contributed by atoms with Gasteiger partial charge in [0.15, 0.2) is 0 Å². The third-order valence-electron chi connectivity index (χ3n) is 3.89. The number of carbonyl (C=O) groups is 1. The van der Waals surface area contributed by atoms with Crippen molar-refractivity contribution in [3.8, 4) is 0 Å². The Labute approximate surface area is 176 Å². The highest BCUT2D eigenvalue weighted by molar-refractivity contribution is 7.92. The molecule has 9 nitrogen and oxygen atoms in total. The van der Waals surface area contributed by atoms with Crippen LogP contribution >= 0.6 is 11.3 Å². The summed E-state index contributed by atoms with van der Waals surface area (Å²) in [6, 6.07) is 16.3. The Bertz CT molecular complexity index is 1160. The van der Waals surface area contributed by atoms with Gasteiger partial charge in [-0.25, -0.2) is 18.1 Å². The number of para-hydroxylation sites is 2. The summed E-state index contributed by atoms with van der Waals surface area (Å²) in [5.74, 6) is -0.750. The van der Waals surface area contributed by atoms with Crippen LogP contribution in [0.25, 0.3) is 0 Å². The van der Waals surface area contributed by atoms with E-state index in [1.165, 1.54) is 66.1 Å². The zero-order chi connectivity index (χ0) is 21.6. The van der Waals surface area contributed by atoms with E-state index in [9.17, 15) is 23.3 Å². The molecule has 2 aromatic carbocycles. The molecule has 0 aliphatic rings. The first-order valence-electron chi connectivity index (χ1n) is 8.56. The maximum atomic E-state index is 13.2. The molecule has 3 aromatic rings. The first kappa shape index (κ1) is 21.1. The van der Waals surface area contributed by atoms with Crippen LogP contribution in [0.5, 0.6) is 0 Å². The largest absolute Gasteiger partial charge is 0.293 e. The lowest BCUT2D eigenvalue weighted by molar-refractivity contribution is -0.384. The monoisotopic (exact) mass is 444 g/mol. The van der Waals surface area contributed by atoms with E-state index in [2.05, 4.69) is 10.5 Å². The lowest BCUT2D eigenvalue weighted by Gasteiger charge is -2.23. The van der Waals surface area contributed by atoms with Gasteiger partial charge in [0.05, 0.1) is 16.0 Å². The molecule has 0 saturated heterocycles. The van der Waals surface area contributed by atoms with Gasteiger partial charge in [0, 0.05) is 10.9 Å². The number of hydrogen-bond donors (Lipinski definition) is 1. The number of nitro benzene ring substituents is 1. The van der Waals surface area contributed by atoms with Gasteiger partial charge >= 0.3 is 0 Å². The highest BCUT2D eigenvalue weighted by Gasteiger charge is 2.31. The Morgan fingerprint density at radius 3 is 2.47 bits per heavy atom. The van der Waals surface area contributed by atoms with E-state index in [1.807, 2.05) is 11.4 Å². The van der Waals surface area contributed by atoms with Crippen molar-refractivity contribution in [2.75, 3.05) is 10.8 Å². The molecule has 0 bridgehead atoms. The zero-order valence-electron chi connectivity index (χ0n) is 15.4. The van der Waals surface area contributed by atoms with Crippen molar-refractivity contribution in [2.45, 2.75) is 4.90 Å². The normalized spacial score (nSPS) is 11.3. The minimum absolute atomic E-state index is 0.0990. The second-order valence-electron chi connectivity index (χ2n) is 5.88. The molecule has 0 saturated carbocycles. The average molecular weight is 444 g/mol. The summed E-state index contributed by atoms with van der Waals surface area (Å²) in [4.78, 5) is 23.9. The second-order valence-corrected chi connectivity index (χ2v) is 8.72. The number of amides is 1. The quantitative estimate of drug-likeness (QED) is 0.325.